The third-order valence-corrected chi connectivity index (χ3v) is 13.2. The topological polar surface area (TPSA) is 0 Å². The monoisotopic (exact) mass is 715 g/mol. The highest BCUT2D eigenvalue weighted by atomic mass is 14.4. The fourth-order valence-electron chi connectivity index (χ4n) is 9.32. The Morgan fingerprint density at radius 1 is 0.315 bits per heavy atom. The smallest absolute Gasteiger partial charge is 0.0159 e. The Bertz CT molecular complexity index is 2190. The highest BCUT2D eigenvalue weighted by molar-refractivity contribution is 5.97. The van der Waals surface area contributed by atoms with E-state index >= 15 is 0 Å². The number of rotatable bonds is 2. The Balaban J connectivity index is 1.50. The zero-order chi connectivity index (χ0) is 39.9. The second kappa shape index (κ2) is 11.8. The van der Waals surface area contributed by atoms with E-state index in [4.69, 9.17) is 0 Å². The fraction of sp³-hybridized carbons (Fsp3) is 0.444. The number of benzene rings is 5. The van der Waals surface area contributed by atoms with Gasteiger partial charge in [0.15, 0.2) is 0 Å². The maximum atomic E-state index is 2.53. The van der Waals surface area contributed by atoms with Crippen LogP contribution in [0.15, 0.2) is 72.8 Å². The largest absolute Gasteiger partial charge is 0.0579 e. The van der Waals surface area contributed by atoms with Gasteiger partial charge in [-0.3, -0.25) is 0 Å². The van der Waals surface area contributed by atoms with Crippen LogP contribution in [0.4, 0.5) is 0 Å². The lowest BCUT2D eigenvalue weighted by atomic mass is 9.75. The van der Waals surface area contributed by atoms with Crippen LogP contribution in [0.2, 0.25) is 0 Å². The molecule has 0 N–H and O–H groups in total. The number of fused-ring (bicyclic) bond motifs is 6. The number of hydrogen-bond acceptors (Lipinski definition) is 0. The maximum Gasteiger partial charge on any atom is 0.0159 e. The molecule has 0 heterocycles. The van der Waals surface area contributed by atoms with Crippen molar-refractivity contribution in [3.8, 4) is 44.5 Å². The highest BCUT2D eigenvalue weighted by Gasteiger charge is 2.41. The van der Waals surface area contributed by atoms with Crippen LogP contribution in [0.5, 0.6) is 0 Å². The van der Waals surface area contributed by atoms with E-state index in [2.05, 4.69) is 197 Å². The molecule has 0 spiro atoms. The molecule has 0 heteroatoms. The molecule has 0 saturated carbocycles. The van der Waals surface area contributed by atoms with Crippen molar-refractivity contribution < 1.29 is 0 Å². The maximum absolute atomic E-state index is 2.53. The van der Waals surface area contributed by atoms with Gasteiger partial charge in [0.25, 0.3) is 0 Å². The molecule has 0 radical (unpaired) electrons. The van der Waals surface area contributed by atoms with Gasteiger partial charge in [-0.2, -0.15) is 0 Å². The molecular weight excluding hydrogens is 649 g/mol. The van der Waals surface area contributed by atoms with Crippen molar-refractivity contribution in [1.82, 2.24) is 0 Å². The molecular formula is C54H66. The van der Waals surface area contributed by atoms with E-state index in [9.17, 15) is 0 Å². The first-order chi connectivity index (χ1) is 24.6. The average Bonchev–Trinajstić information content (AvgIpc) is 3.42. The summed E-state index contributed by atoms with van der Waals surface area (Å²) in [4.78, 5) is 0. The zero-order valence-electron chi connectivity index (χ0n) is 36.9. The van der Waals surface area contributed by atoms with Gasteiger partial charge in [0.1, 0.15) is 0 Å². The standard InChI is InChI=1S/C54H66/c1-31-23-40(42-26-36(52(12,13)14)30-46-48(42)38-22-20-34(50(6,7)8)28-44(38)54(46,17)18)32(2)24-39(31)41-25-35(51(9,10)11)29-45-47(41)37-21-19-33(49(3,4)5)27-43(37)53(45,15)16/h19-30H,1-18H3. The van der Waals surface area contributed by atoms with E-state index in [-0.39, 0.29) is 32.5 Å². The molecule has 2 aliphatic carbocycles. The first kappa shape index (κ1) is 38.4. The lowest BCUT2D eigenvalue weighted by molar-refractivity contribution is 0.579. The van der Waals surface area contributed by atoms with Crippen LogP contribution in [0.1, 0.15) is 166 Å². The van der Waals surface area contributed by atoms with Crippen LogP contribution in [-0.2, 0) is 32.5 Å². The minimum absolute atomic E-state index is 0.0229. The van der Waals surface area contributed by atoms with E-state index < -0.39 is 0 Å². The molecule has 54 heavy (non-hydrogen) atoms. The minimum atomic E-state index is -0.0914. The molecule has 0 fully saturated rings. The summed E-state index contributed by atoms with van der Waals surface area (Å²) < 4.78 is 0. The minimum Gasteiger partial charge on any atom is -0.0579 e. The van der Waals surface area contributed by atoms with Crippen molar-refractivity contribution in [2.45, 2.75) is 157 Å². The lowest BCUT2D eigenvalue weighted by Crippen LogP contribution is -2.19. The summed E-state index contributed by atoms with van der Waals surface area (Å²) >= 11 is 0. The molecule has 0 nitrogen and oxygen atoms in total. The van der Waals surface area contributed by atoms with Crippen molar-refractivity contribution in [1.29, 1.82) is 0 Å². The molecule has 282 valence electrons. The molecule has 7 rings (SSSR count). The van der Waals surface area contributed by atoms with Gasteiger partial charge in [-0.05, 0) is 148 Å². The predicted octanol–water partition coefficient (Wildman–Crippen LogP) is 15.4. The van der Waals surface area contributed by atoms with Gasteiger partial charge >= 0.3 is 0 Å². The second-order valence-electron chi connectivity index (χ2n) is 22.1. The predicted molar refractivity (Wildman–Crippen MR) is 237 cm³/mol. The van der Waals surface area contributed by atoms with Crippen LogP contribution < -0.4 is 0 Å². The molecule has 0 aromatic heterocycles. The molecule has 5 aromatic carbocycles. The van der Waals surface area contributed by atoms with Crippen molar-refractivity contribution >= 4 is 0 Å². The molecule has 0 amide bonds. The Hall–Kier alpha value is -3.90. The summed E-state index contributed by atoms with van der Waals surface area (Å²) in [6.07, 6.45) is 0. The summed E-state index contributed by atoms with van der Waals surface area (Å²) in [6.45, 7) is 42.6. The van der Waals surface area contributed by atoms with Crippen LogP contribution in [0.25, 0.3) is 44.5 Å². The van der Waals surface area contributed by atoms with Crippen LogP contribution in [0.3, 0.4) is 0 Å². The summed E-state index contributed by atoms with van der Waals surface area (Å²) in [5.41, 5.74) is 25.2. The summed E-state index contributed by atoms with van der Waals surface area (Å²) in [6, 6.07) is 29.7. The fourth-order valence-corrected chi connectivity index (χ4v) is 9.32. The van der Waals surface area contributed by atoms with Crippen LogP contribution >= 0.6 is 0 Å². The lowest BCUT2D eigenvalue weighted by Gasteiger charge is -2.28. The third-order valence-electron chi connectivity index (χ3n) is 13.2. The zero-order valence-corrected chi connectivity index (χ0v) is 36.9. The number of hydrogen-bond donors (Lipinski definition) is 0. The van der Waals surface area contributed by atoms with Gasteiger partial charge in [0.05, 0.1) is 0 Å². The van der Waals surface area contributed by atoms with Gasteiger partial charge in [-0.25, -0.2) is 0 Å². The summed E-state index contributed by atoms with van der Waals surface area (Å²) in [5, 5.41) is 0. The molecule has 0 aliphatic heterocycles. The summed E-state index contributed by atoms with van der Waals surface area (Å²) in [5.74, 6) is 0. The van der Waals surface area contributed by atoms with Crippen LogP contribution in [-0.4, -0.2) is 0 Å². The highest BCUT2D eigenvalue weighted by Crippen LogP contribution is 2.57. The Morgan fingerprint density at radius 2 is 0.611 bits per heavy atom. The number of aryl methyl sites for hydroxylation is 2. The molecule has 2 aliphatic rings. The molecule has 0 unspecified atom stereocenters. The quantitative estimate of drug-likeness (QED) is 0.171. The normalized spacial score (nSPS) is 15.9. The Kier molecular flexibility index (Phi) is 8.39. The van der Waals surface area contributed by atoms with Crippen molar-refractivity contribution in [2.24, 2.45) is 0 Å². The Labute approximate surface area is 328 Å². The van der Waals surface area contributed by atoms with Crippen LogP contribution in [0, 0.1) is 13.8 Å². The summed E-state index contributed by atoms with van der Waals surface area (Å²) in [7, 11) is 0. The van der Waals surface area contributed by atoms with Gasteiger partial charge in [0.2, 0.25) is 0 Å². The van der Waals surface area contributed by atoms with Crippen molar-refractivity contribution in [3.63, 3.8) is 0 Å². The van der Waals surface area contributed by atoms with Gasteiger partial charge < -0.3 is 0 Å². The van der Waals surface area contributed by atoms with E-state index in [1.165, 1.54) is 100 Å². The first-order valence-electron chi connectivity index (χ1n) is 20.4. The van der Waals surface area contributed by atoms with E-state index in [0.29, 0.717) is 0 Å². The van der Waals surface area contributed by atoms with Crippen molar-refractivity contribution in [3.05, 3.63) is 128 Å². The first-order valence-corrected chi connectivity index (χ1v) is 20.4. The van der Waals surface area contributed by atoms with Gasteiger partial charge in [-0.15, -0.1) is 0 Å². The SMILES string of the molecule is Cc1cc(-c2cc(C(C)(C)C)cc3c2-c2ccc(C(C)(C)C)cc2C3(C)C)c(C)cc1-c1cc(C(C)(C)C)cc2c1-c1ccc(C(C)(C)C)cc1C2(C)C. The molecule has 0 bridgehead atoms. The van der Waals surface area contributed by atoms with Crippen molar-refractivity contribution in [2.75, 3.05) is 0 Å². The van der Waals surface area contributed by atoms with Gasteiger partial charge in [0, 0.05) is 10.8 Å². The molecule has 0 atom stereocenters. The average molecular weight is 715 g/mol. The second-order valence-corrected chi connectivity index (χ2v) is 22.1. The molecule has 5 aromatic rings. The van der Waals surface area contributed by atoms with E-state index in [1.807, 2.05) is 0 Å². The Morgan fingerprint density at radius 3 is 0.907 bits per heavy atom. The van der Waals surface area contributed by atoms with Gasteiger partial charge in [-0.1, -0.05) is 171 Å². The molecule has 0 saturated heterocycles. The third kappa shape index (κ3) is 5.93. The van der Waals surface area contributed by atoms with E-state index in [0.717, 1.165) is 0 Å². The van der Waals surface area contributed by atoms with E-state index in [1.54, 1.807) is 0 Å².